The lowest BCUT2D eigenvalue weighted by molar-refractivity contribution is 0.102. The Balaban J connectivity index is 1.80. The maximum Gasteiger partial charge on any atom is 0.255 e. The van der Waals surface area contributed by atoms with Crippen molar-refractivity contribution in [2.75, 3.05) is 5.32 Å². The molecule has 1 N–H and O–H groups in total. The zero-order valence-corrected chi connectivity index (χ0v) is 16.0. The highest BCUT2D eigenvalue weighted by Gasteiger charge is 2.13. The number of carbonyl (C=O) groups excluding carboxylic acids is 1. The van der Waals surface area contributed by atoms with E-state index in [-0.39, 0.29) is 5.91 Å². The van der Waals surface area contributed by atoms with Crippen molar-refractivity contribution in [3.63, 3.8) is 0 Å². The summed E-state index contributed by atoms with van der Waals surface area (Å²) < 4.78 is 1.94. The van der Waals surface area contributed by atoms with Crippen molar-refractivity contribution in [1.82, 2.24) is 9.78 Å². The van der Waals surface area contributed by atoms with Crippen LogP contribution in [0.3, 0.4) is 0 Å². The second kappa shape index (κ2) is 7.75. The molecular weight excluding hydrogens is 346 g/mol. The number of rotatable bonds is 5. The number of halogens is 1. The summed E-state index contributed by atoms with van der Waals surface area (Å²) in [7, 11) is 0. The molecule has 5 heteroatoms. The Morgan fingerprint density at radius 2 is 1.88 bits per heavy atom. The highest BCUT2D eigenvalue weighted by Crippen LogP contribution is 2.20. The summed E-state index contributed by atoms with van der Waals surface area (Å²) in [5.41, 5.74) is 5.73. The molecule has 1 aromatic heterocycles. The van der Waals surface area contributed by atoms with E-state index in [1.807, 2.05) is 41.9 Å². The minimum Gasteiger partial charge on any atom is -0.322 e. The minimum absolute atomic E-state index is 0.168. The molecule has 3 rings (SSSR count). The lowest BCUT2D eigenvalue weighted by Crippen LogP contribution is -2.12. The third-order valence-corrected chi connectivity index (χ3v) is 4.63. The Morgan fingerprint density at radius 3 is 2.54 bits per heavy atom. The summed E-state index contributed by atoms with van der Waals surface area (Å²) in [6, 6.07) is 14.6. The molecule has 134 valence electrons. The Morgan fingerprint density at radius 1 is 1.15 bits per heavy atom. The van der Waals surface area contributed by atoms with Crippen molar-refractivity contribution in [2.24, 2.45) is 0 Å². The van der Waals surface area contributed by atoms with Gasteiger partial charge in [0.15, 0.2) is 0 Å². The SMILES string of the molecule is CCCc1c(C)nn(-c2ccc(C(=O)Nc3cccc(Cl)c3)cc2)c1C. The summed E-state index contributed by atoms with van der Waals surface area (Å²) in [6.45, 7) is 6.30. The maximum atomic E-state index is 12.4. The predicted molar refractivity (Wildman–Crippen MR) is 106 cm³/mol. The number of hydrogen-bond donors (Lipinski definition) is 1. The number of anilines is 1. The average Bonchev–Trinajstić information content (AvgIpc) is 2.90. The molecule has 0 fully saturated rings. The standard InChI is InChI=1S/C21H22ClN3O/c1-4-6-20-14(2)24-25(15(20)3)19-11-9-16(10-12-19)21(26)23-18-8-5-7-17(22)13-18/h5,7-13H,4,6H2,1-3H3,(H,23,26). The number of amides is 1. The van der Waals surface area contributed by atoms with E-state index >= 15 is 0 Å². The largest absolute Gasteiger partial charge is 0.322 e. The molecule has 4 nitrogen and oxygen atoms in total. The van der Waals surface area contributed by atoms with Crippen LogP contribution >= 0.6 is 11.6 Å². The lowest BCUT2D eigenvalue weighted by atomic mass is 10.1. The topological polar surface area (TPSA) is 46.9 Å². The van der Waals surface area contributed by atoms with Crippen LogP contribution in [-0.4, -0.2) is 15.7 Å². The summed E-state index contributed by atoms with van der Waals surface area (Å²) in [5.74, 6) is -0.168. The van der Waals surface area contributed by atoms with E-state index in [4.69, 9.17) is 11.6 Å². The Bertz CT molecular complexity index is 929. The van der Waals surface area contributed by atoms with Gasteiger partial charge in [-0.2, -0.15) is 5.10 Å². The van der Waals surface area contributed by atoms with Crippen molar-refractivity contribution in [3.8, 4) is 5.69 Å². The third-order valence-electron chi connectivity index (χ3n) is 4.40. The fraction of sp³-hybridized carbons (Fsp3) is 0.238. The third kappa shape index (κ3) is 3.81. The number of nitrogens with one attached hydrogen (secondary N) is 1. The molecule has 2 aromatic carbocycles. The van der Waals surface area contributed by atoms with Gasteiger partial charge in [-0.3, -0.25) is 4.79 Å². The van der Waals surface area contributed by atoms with Gasteiger partial charge < -0.3 is 5.32 Å². The van der Waals surface area contributed by atoms with Crippen LogP contribution in [0, 0.1) is 13.8 Å². The van der Waals surface area contributed by atoms with Gasteiger partial charge in [0, 0.05) is 22.0 Å². The molecule has 0 saturated carbocycles. The van der Waals surface area contributed by atoms with Crippen LogP contribution in [0.2, 0.25) is 5.02 Å². The first-order chi connectivity index (χ1) is 12.5. The van der Waals surface area contributed by atoms with Crippen LogP contribution < -0.4 is 5.32 Å². The zero-order chi connectivity index (χ0) is 18.7. The average molecular weight is 368 g/mol. The molecule has 0 atom stereocenters. The van der Waals surface area contributed by atoms with E-state index in [0.717, 1.165) is 29.9 Å². The van der Waals surface area contributed by atoms with Gasteiger partial charge in [-0.25, -0.2) is 4.68 Å². The number of hydrogen-bond acceptors (Lipinski definition) is 2. The molecular formula is C21H22ClN3O. The molecule has 0 unspecified atom stereocenters. The van der Waals surface area contributed by atoms with Crippen molar-refractivity contribution >= 4 is 23.2 Å². The molecule has 0 spiro atoms. The highest BCUT2D eigenvalue weighted by atomic mass is 35.5. The summed E-state index contributed by atoms with van der Waals surface area (Å²) in [5, 5.41) is 8.09. The summed E-state index contributed by atoms with van der Waals surface area (Å²) >= 11 is 5.95. The molecule has 0 radical (unpaired) electrons. The van der Waals surface area contributed by atoms with Gasteiger partial charge in [-0.05, 0) is 68.3 Å². The van der Waals surface area contributed by atoms with E-state index in [0.29, 0.717) is 16.3 Å². The number of aromatic nitrogens is 2. The lowest BCUT2D eigenvalue weighted by Gasteiger charge is -2.08. The predicted octanol–water partition coefficient (Wildman–Crippen LogP) is 5.35. The minimum atomic E-state index is -0.168. The van der Waals surface area contributed by atoms with E-state index in [1.54, 1.807) is 18.2 Å². The molecule has 0 bridgehead atoms. The zero-order valence-electron chi connectivity index (χ0n) is 15.2. The first-order valence-electron chi connectivity index (χ1n) is 8.72. The Hall–Kier alpha value is -2.59. The monoisotopic (exact) mass is 367 g/mol. The Kier molecular flexibility index (Phi) is 5.43. The van der Waals surface area contributed by atoms with E-state index in [2.05, 4.69) is 24.3 Å². The first kappa shape index (κ1) is 18.2. The summed E-state index contributed by atoms with van der Waals surface area (Å²) in [4.78, 5) is 12.4. The van der Waals surface area contributed by atoms with Gasteiger partial charge in [-0.1, -0.05) is 31.0 Å². The molecule has 0 aliphatic carbocycles. The van der Waals surface area contributed by atoms with Crippen LogP contribution in [0.5, 0.6) is 0 Å². The molecule has 0 saturated heterocycles. The highest BCUT2D eigenvalue weighted by molar-refractivity contribution is 6.30. The van der Waals surface area contributed by atoms with E-state index in [1.165, 1.54) is 5.56 Å². The molecule has 0 aliphatic rings. The number of aryl methyl sites for hydroxylation is 1. The fourth-order valence-electron chi connectivity index (χ4n) is 3.06. The maximum absolute atomic E-state index is 12.4. The molecule has 0 aliphatic heterocycles. The van der Waals surface area contributed by atoms with Crippen molar-refractivity contribution < 1.29 is 4.79 Å². The van der Waals surface area contributed by atoms with Gasteiger partial charge in [0.25, 0.3) is 5.91 Å². The van der Waals surface area contributed by atoms with Crippen LogP contribution in [-0.2, 0) is 6.42 Å². The fourth-order valence-corrected chi connectivity index (χ4v) is 3.25. The van der Waals surface area contributed by atoms with Gasteiger partial charge in [-0.15, -0.1) is 0 Å². The quantitative estimate of drug-likeness (QED) is 0.661. The van der Waals surface area contributed by atoms with Crippen LogP contribution in [0.25, 0.3) is 5.69 Å². The van der Waals surface area contributed by atoms with Gasteiger partial charge in [0.2, 0.25) is 0 Å². The number of carbonyl (C=O) groups is 1. The second-order valence-corrected chi connectivity index (χ2v) is 6.76. The molecule has 1 heterocycles. The van der Waals surface area contributed by atoms with Crippen LogP contribution in [0.1, 0.15) is 40.7 Å². The molecule has 3 aromatic rings. The van der Waals surface area contributed by atoms with Crippen LogP contribution in [0.15, 0.2) is 48.5 Å². The van der Waals surface area contributed by atoms with Crippen molar-refractivity contribution in [2.45, 2.75) is 33.6 Å². The van der Waals surface area contributed by atoms with Gasteiger partial charge >= 0.3 is 0 Å². The number of benzene rings is 2. The van der Waals surface area contributed by atoms with E-state index < -0.39 is 0 Å². The Labute approximate surface area is 158 Å². The van der Waals surface area contributed by atoms with Gasteiger partial charge in [0.1, 0.15) is 0 Å². The van der Waals surface area contributed by atoms with Crippen LogP contribution in [0.4, 0.5) is 5.69 Å². The van der Waals surface area contributed by atoms with Gasteiger partial charge in [0.05, 0.1) is 11.4 Å². The molecule has 26 heavy (non-hydrogen) atoms. The number of nitrogens with zero attached hydrogens (tertiary/aromatic N) is 2. The second-order valence-electron chi connectivity index (χ2n) is 6.32. The molecule has 1 amide bonds. The normalized spacial score (nSPS) is 10.8. The van der Waals surface area contributed by atoms with Crippen molar-refractivity contribution in [1.29, 1.82) is 0 Å². The smallest absolute Gasteiger partial charge is 0.255 e. The van der Waals surface area contributed by atoms with E-state index in [9.17, 15) is 4.79 Å². The first-order valence-corrected chi connectivity index (χ1v) is 9.10. The summed E-state index contributed by atoms with van der Waals surface area (Å²) in [6.07, 6.45) is 2.12. The van der Waals surface area contributed by atoms with Crippen molar-refractivity contribution in [3.05, 3.63) is 76.1 Å².